The number of hydrogen-bond donors (Lipinski definition) is 1. The molecule has 0 radical (unpaired) electrons. The van der Waals surface area contributed by atoms with Crippen LogP contribution >= 0.6 is 11.6 Å². The van der Waals surface area contributed by atoms with Crippen molar-refractivity contribution in [3.63, 3.8) is 0 Å². The average molecular weight is 311 g/mol. The Balaban J connectivity index is 1.85. The van der Waals surface area contributed by atoms with Crippen LogP contribution in [0.3, 0.4) is 0 Å². The van der Waals surface area contributed by atoms with Crippen molar-refractivity contribution in [3.05, 3.63) is 35.9 Å². The third kappa shape index (κ3) is 5.21. The Labute approximate surface area is 131 Å². The number of carbonyl (C=O) groups excluding carboxylic acids is 1. The summed E-state index contributed by atoms with van der Waals surface area (Å²) in [6, 6.07) is 10.2. The van der Waals surface area contributed by atoms with Gasteiger partial charge in [-0.3, -0.25) is 4.90 Å². The van der Waals surface area contributed by atoms with E-state index in [9.17, 15) is 4.79 Å². The standard InChI is InChI=1S/C16H23ClN2O2/c1-16(2,3)21-15(20)18-14-11-19(10-13(14)17)9-12-7-5-4-6-8-12/h4-8,13-14H,9-11H2,1-3H3,(H,18,20)/t13-,14?/m0/s1. The highest BCUT2D eigenvalue weighted by atomic mass is 35.5. The van der Waals surface area contributed by atoms with E-state index in [2.05, 4.69) is 22.3 Å². The quantitative estimate of drug-likeness (QED) is 0.873. The number of amides is 1. The predicted molar refractivity (Wildman–Crippen MR) is 84.5 cm³/mol. The highest BCUT2D eigenvalue weighted by Gasteiger charge is 2.33. The number of benzene rings is 1. The fourth-order valence-electron chi connectivity index (χ4n) is 2.41. The van der Waals surface area contributed by atoms with E-state index in [0.29, 0.717) is 0 Å². The van der Waals surface area contributed by atoms with Gasteiger partial charge in [0.25, 0.3) is 0 Å². The summed E-state index contributed by atoms with van der Waals surface area (Å²) >= 11 is 6.34. The van der Waals surface area contributed by atoms with Gasteiger partial charge in [-0.15, -0.1) is 11.6 Å². The smallest absolute Gasteiger partial charge is 0.407 e. The van der Waals surface area contributed by atoms with Gasteiger partial charge in [0, 0.05) is 19.6 Å². The van der Waals surface area contributed by atoms with Crippen molar-refractivity contribution in [2.45, 2.75) is 44.3 Å². The summed E-state index contributed by atoms with van der Waals surface area (Å²) in [5.74, 6) is 0. The molecule has 5 heteroatoms. The second kappa shape index (κ2) is 6.67. The predicted octanol–water partition coefficient (Wildman–Crippen LogP) is 3.00. The molecular weight excluding hydrogens is 288 g/mol. The van der Waals surface area contributed by atoms with Gasteiger partial charge in [-0.2, -0.15) is 0 Å². The van der Waals surface area contributed by atoms with Gasteiger partial charge in [0.05, 0.1) is 11.4 Å². The zero-order chi connectivity index (χ0) is 15.5. The Kier molecular flexibility index (Phi) is 5.12. The summed E-state index contributed by atoms with van der Waals surface area (Å²) < 4.78 is 5.27. The fourth-order valence-corrected chi connectivity index (χ4v) is 2.74. The molecule has 1 saturated heterocycles. The molecule has 1 N–H and O–H groups in total. The number of halogens is 1. The van der Waals surface area contributed by atoms with Crippen LogP contribution in [0.4, 0.5) is 4.79 Å². The van der Waals surface area contributed by atoms with Crippen molar-refractivity contribution in [3.8, 4) is 0 Å². The highest BCUT2D eigenvalue weighted by molar-refractivity contribution is 6.21. The highest BCUT2D eigenvalue weighted by Crippen LogP contribution is 2.19. The van der Waals surface area contributed by atoms with E-state index >= 15 is 0 Å². The number of carbonyl (C=O) groups is 1. The molecule has 1 heterocycles. The van der Waals surface area contributed by atoms with Crippen LogP contribution in [0.25, 0.3) is 0 Å². The van der Waals surface area contributed by atoms with Gasteiger partial charge in [-0.25, -0.2) is 4.79 Å². The van der Waals surface area contributed by atoms with Crippen molar-refractivity contribution >= 4 is 17.7 Å². The molecular formula is C16H23ClN2O2. The van der Waals surface area contributed by atoms with Crippen LogP contribution in [0.5, 0.6) is 0 Å². The average Bonchev–Trinajstić information content (AvgIpc) is 2.68. The van der Waals surface area contributed by atoms with Crippen LogP contribution in [-0.2, 0) is 11.3 Å². The van der Waals surface area contributed by atoms with Crippen molar-refractivity contribution in [1.29, 1.82) is 0 Å². The van der Waals surface area contributed by atoms with Crippen molar-refractivity contribution < 1.29 is 9.53 Å². The maximum Gasteiger partial charge on any atom is 0.407 e. The Morgan fingerprint density at radius 3 is 2.62 bits per heavy atom. The van der Waals surface area contributed by atoms with E-state index in [4.69, 9.17) is 16.3 Å². The van der Waals surface area contributed by atoms with Crippen molar-refractivity contribution in [1.82, 2.24) is 10.2 Å². The van der Waals surface area contributed by atoms with Gasteiger partial charge in [0.2, 0.25) is 0 Å². The van der Waals surface area contributed by atoms with Gasteiger partial charge >= 0.3 is 6.09 Å². The van der Waals surface area contributed by atoms with Gasteiger partial charge < -0.3 is 10.1 Å². The molecule has 0 spiro atoms. The van der Waals surface area contributed by atoms with Gasteiger partial charge in [0.1, 0.15) is 5.60 Å². The lowest BCUT2D eigenvalue weighted by Gasteiger charge is -2.22. The van der Waals surface area contributed by atoms with E-state index in [1.807, 2.05) is 39.0 Å². The minimum absolute atomic E-state index is 0.0785. The summed E-state index contributed by atoms with van der Waals surface area (Å²) in [6.07, 6.45) is -0.403. The summed E-state index contributed by atoms with van der Waals surface area (Å²) in [4.78, 5) is 14.1. The molecule has 116 valence electrons. The lowest BCUT2D eigenvalue weighted by molar-refractivity contribution is 0.0506. The number of ether oxygens (including phenoxy) is 1. The second-order valence-electron chi connectivity index (χ2n) is 6.45. The Morgan fingerprint density at radius 1 is 1.33 bits per heavy atom. The van der Waals surface area contributed by atoms with Crippen LogP contribution in [-0.4, -0.2) is 41.1 Å². The van der Waals surface area contributed by atoms with Crippen LogP contribution < -0.4 is 5.32 Å². The topological polar surface area (TPSA) is 41.6 Å². The largest absolute Gasteiger partial charge is 0.444 e. The summed E-state index contributed by atoms with van der Waals surface area (Å²) in [7, 11) is 0. The molecule has 0 aromatic heterocycles. The molecule has 1 fully saturated rings. The van der Waals surface area contributed by atoms with Crippen molar-refractivity contribution in [2.24, 2.45) is 0 Å². The van der Waals surface area contributed by atoms with Gasteiger partial charge in [-0.1, -0.05) is 30.3 Å². The molecule has 0 bridgehead atoms. The summed E-state index contributed by atoms with van der Waals surface area (Å²) in [6.45, 7) is 7.89. The van der Waals surface area contributed by atoms with E-state index < -0.39 is 11.7 Å². The maximum absolute atomic E-state index is 11.8. The molecule has 0 saturated carbocycles. The van der Waals surface area contributed by atoms with E-state index in [1.165, 1.54) is 5.56 Å². The van der Waals surface area contributed by atoms with Gasteiger partial charge in [0.15, 0.2) is 0 Å². The van der Waals surface area contributed by atoms with E-state index in [0.717, 1.165) is 19.6 Å². The first kappa shape index (κ1) is 16.1. The molecule has 21 heavy (non-hydrogen) atoms. The minimum atomic E-state index is -0.492. The summed E-state index contributed by atoms with van der Waals surface area (Å²) in [5.41, 5.74) is 0.757. The SMILES string of the molecule is CC(C)(C)OC(=O)NC1CN(Cc2ccccc2)C[C@@H]1Cl. The first-order chi connectivity index (χ1) is 9.83. The molecule has 2 rings (SSSR count). The van der Waals surface area contributed by atoms with Crippen LogP contribution in [0.1, 0.15) is 26.3 Å². The first-order valence-electron chi connectivity index (χ1n) is 7.23. The zero-order valence-corrected chi connectivity index (χ0v) is 13.6. The molecule has 1 unspecified atom stereocenters. The maximum atomic E-state index is 11.8. The lowest BCUT2D eigenvalue weighted by atomic mass is 10.2. The zero-order valence-electron chi connectivity index (χ0n) is 12.8. The van der Waals surface area contributed by atoms with Crippen molar-refractivity contribution in [2.75, 3.05) is 13.1 Å². The number of alkyl halides is 1. The molecule has 1 aromatic rings. The number of alkyl carbamates (subject to hydrolysis) is 1. The van der Waals surface area contributed by atoms with Crippen LogP contribution in [0.2, 0.25) is 0 Å². The number of hydrogen-bond acceptors (Lipinski definition) is 3. The number of nitrogens with one attached hydrogen (secondary N) is 1. The van der Waals surface area contributed by atoms with E-state index in [1.54, 1.807) is 0 Å². The molecule has 1 aliphatic rings. The molecule has 1 aliphatic heterocycles. The fraction of sp³-hybridized carbons (Fsp3) is 0.562. The van der Waals surface area contributed by atoms with Crippen LogP contribution in [0, 0.1) is 0 Å². The Hall–Kier alpha value is -1.26. The molecule has 2 atom stereocenters. The normalized spacial score (nSPS) is 23.0. The Morgan fingerprint density at radius 2 is 2.00 bits per heavy atom. The lowest BCUT2D eigenvalue weighted by Crippen LogP contribution is -2.43. The van der Waals surface area contributed by atoms with Crippen LogP contribution in [0.15, 0.2) is 30.3 Å². The van der Waals surface area contributed by atoms with E-state index in [-0.39, 0.29) is 11.4 Å². The molecule has 4 nitrogen and oxygen atoms in total. The number of likely N-dealkylation sites (tertiary alicyclic amines) is 1. The monoisotopic (exact) mass is 310 g/mol. The molecule has 1 aromatic carbocycles. The molecule has 1 amide bonds. The summed E-state index contributed by atoms with van der Waals surface area (Å²) in [5, 5.41) is 2.77. The Bertz CT molecular complexity index is 473. The third-order valence-corrected chi connectivity index (χ3v) is 3.72. The first-order valence-corrected chi connectivity index (χ1v) is 7.67. The third-order valence-electron chi connectivity index (χ3n) is 3.28. The number of nitrogens with zero attached hydrogens (tertiary/aromatic N) is 1. The second-order valence-corrected chi connectivity index (χ2v) is 7.01. The number of rotatable bonds is 3. The minimum Gasteiger partial charge on any atom is -0.444 e. The molecule has 0 aliphatic carbocycles. The van der Waals surface area contributed by atoms with Gasteiger partial charge in [-0.05, 0) is 26.3 Å².